The smallest absolute Gasteiger partial charge is 0.335 e. The maximum absolute atomic E-state index is 12.7. The third-order valence-electron chi connectivity index (χ3n) is 10.1. The van der Waals surface area contributed by atoms with Gasteiger partial charge in [0.15, 0.2) is 18.5 Å². The molecule has 0 amide bonds. The monoisotopic (exact) mass is 833 g/mol. The first-order valence-corrected chi connectivity index (χ1v) is 22.8. The van der Waals surface area contributed by atoms with Gasteiger partial charge in [0.2, 0.25) is 0 Å². The Morgan fingerprint density at radius 1 is 0.542 bits per heavy atom. The van der Waals surface area contributed by atoms with Gasteiger partial charge >= 0.3 is 17.9 Å². The first-order valence-electron chi connectivity index (χ1n) is 22.8. The van der Waals surface area contributed by atoms with E-state index in [1.807, 2.05) is 0 Å². The molecule has 6 unspecified atom stereocenters. The highest BCUT2D eigenvalue weighted by Gasteiger charge is 2.47. The van der Waals surface area contributed by atoms with Crippen LogP contribution in [-0.2, 0) is 33.3 Å². The maximum Gasteiger partial charge on any atom is 0.335 e. The zero-order valence-corrected chi connectivity index (χ0v) is 36.5. The van der Waals surface area contributed by atoms with Crippen LogP contribution in [0, 0.1) is 0 Å². The van der Waals surface area contributed by atoms with Crippen LogP contribution < -0.4 is 0 Å². The normalized spacial score (nSPS) is 20.5. The maximum atomic E-state index is 12.7. The molecule has 1 heterocycles. The van der Waals surface area contributed by atoms with Gasteiger partial charge in [0.05, 0.1) is 6.61 Å². The summed E-state index contributed by atoms with van der Waals surface area (Å²) >= 11 is 0. The summed E-state index contributed by atoms with van der Waals surface area (Å²) in [7, 11) is 0. The second kappa shape index (κ2) is 37.9. The molecule has 1 saturated heterocycles. The largest absolute Gasteiger partial charge is 0.479 e. The minimum atomic E-state index is -1.86. The number of rotatable bonds is 37. The van der Waals surface area contributed by atoms with Gasteiger partial charge in [0.1, 0.15) is 24.9 Å². The number of aliphatic hydroxyl groups is 3. The van der Waals surface area contributed by atoms with Crippen LogP contribution >= 0.6 is 0 Å². The second-order valence-corrected chi connectivity index (χ2v) is 15.5. The van der Waals surface area contributed by atoms with Crippen LogP contribution in [0.2, 0.25) is 0 Å². The molecule has 6 atom stereocenters. The fraction of sp³-hybridized carbons (Fsp3) is 0.729. The topological polar surface area (TPSA) is 169 Å². The van der Waals surface area contributed by atoms with Crippen molar-refractivity contribution in [2.45, 2.75) is 211 Å². The molecule has 4 N–H and O–H groups in total. The van der Waals surface area contributed by atoms with Crippen molar-refractivity contribution < 1.29 is 53.8 Å². The van der Waals surface area contributed by atoms with Crippen LogP contribution in [0.15, 0.2) is 60.8 Å². The Morgan fingerprint density at radius 2 is 1.00 bits per heavy atom. The highest BCUT2D eigenvalue weighted by Crippen LogP contribution is 2.23. The van der Waals surface area contributed by atoms with Crippen LogP contribution in [-0.4, -0.2) is 88.4 Å². The van der Waals surface area contributed by atoms with E-state index in [-0.39, 0.29) is 19.4 Å². The summed E-state index contributed by atoms with van der Waals surface area (Å²) in [5.74, 6) is -2.47. The van der Waals surface area contributed by atoms with Crippen LogP contribution in [0.5, 0.6) is 0 Å². The third-order valence-corrected chi connectivity index (χ3v) is 10.1. The van der Waals surface area contributed by atoms with E-state index in [9.17, 15) is 34.8 Å². The van der Waals surface area contributed by atoms with E-state index in [2.05, 4.69) is 74.6 Å². The van der Waals surface area contributed by atoms with Crippen molar-refractivity contribution >= 4 is 17.9 Å². The van der Waals surface area contributed by atoms with Gasteiger partial charge in [-0.1, -0.05) is 152 Å². The molecule has 0 aromatic carbocycles. The van der Waals surface area contributed by atoms with Gasteiger partial charge in [-0.2, -0.15) is 0 Å². The number of carbonyl (C=O) groups is 3. The molecule has 338 valence electrons. The van der Waals surface area contributed by atoms with Crippen molar-refractivity contribution in [3.05, 3.63) is 60.8 Å². The number of allylic oxidation sites excluding steroid dienone is 10. The average molecular weight is 833 g/mol. The molecule has 0 bridgehead atoms. The predicted molar refractivity (Wildman–Crippen MR) is 234 cm³/mol. The Bertz CT molecular complexity index is 1210. The van der Waals surface area contributed by atoms with Crippen molar-refractivity contribution in [1.29, 1.82) is 0 Å². The first-order chi connectivity index (χ1) is 28.7. The van der Waals surface area contributed by atoms with Crippen LogP contribution in [0.25, 0.3) is 0 Å². The number of aliphatic hydroxyl groups excluding tert-OH is 3. The molecule has 59 heavy (non-hydrogen) atoms. The third kappa shape index (κ3) is 29.7. The number of carboxylic acid groups (broad SMARTS) is 1. The lowest BCUT2D eigenvalue weighted by Gasteiger charge is -2.38. The molecule has 11 nitrogen and oxygen atoms in total. The molecule has 0 spiro atoms. The summed E-state index contributed by atoms with van der Waals surface area (Å²) < 4.78 is 21.7. The van der Waals surface area contributed by atoms with Crippen molar-refractivity contribution in [3.8, 4) is 0 Å². The zero-order chi connectivity index (χ0) is 43.2. The molecule has 11 heteroatoms. The SMILES string of the molecule is CC/C=C\C/C=C\C/C=C\C/C=C\CCCCCCCCCCCCC(=O)OCC(COC1OC(C(=O)O)C(O)C(O)C1O)OC(=O)CCCCCCC/C=C\CCC. The minimum absolute atomic E-state index is 0.169. The number of hydrogen-bond donors (Lipinski definition) is 4. The van der Waals surface area contributed by atoms with E-state index < -0.39 is 61.3 Å². The molecule has 1 fully saturated rings. The second-order valence-electron chi connectivity index (χ2n) is 15.5. The van der Waals surface area contributed by atoms with E-state index in [0.29, 0.717) is 12.8 Å². The zero-order valence-electron chi connectivity index (χ0n) is 36.5. The molecule has 0 aromatic rings. The highest BCUT2D eigenvalue weighted by molar-refractivity contribution is 5.73. The Morgan fingerprint density at radius 3 is 1.53 bits per heavy atom. The number of ether oxygens (including phenoxy) is 4. The lowest BCUT2D eigenvalue weighted by Crippen LogP contribution is -2.60. The van der Waals surface area contributed by atoms with Crippen LogP contribution in [0.3, 0.4) is 0 Å². The summed E-state index contributed by atoms with van der Waals surface area (Å²) in [4.78, 5) is 36.8. The van der Waals surface area contributed by atoms with E-state index in [1.165, 1.54) is 38.5 Å². The number of aliphatic carboxylic acids is 1. The fourth-order valence-electron chi connectivity index (χ4n) is 6.52. The minimum Gasteiger partial charge on any atom is -0.479 e. The number of carboxylic acids is 1. The molecule has 0 aromatic heterocycles. The van der Waals surface area contributed by atoms with Crippen molar-refractivity contribution in [2.75, 3.05) is 13.2 Å². The van der Waals surface area contributed by atoms with Crippen molar-refractivity contribution in [2.24, 2.45) is 0 Å². The van der Waals surface area contributed by atoms with Gasteiger partial charge in [-0.15, -0.1) is 0 Å². The molecular formula is C48H80O11. The number of esters is 2. The summed E-state index contributed by atoms with van der Waals surface area (Å²) in [6.45, 7) is 3.61. The van der Waals surface area contributed by atoms with E-state index >= 15 is 0 Å². The fourth-order valence-corrected chi connectivity index (χ4v) is 6.52. The summed E-state index contributed by atoms with van der Waals surface area (Å²) in [5, 5.41) is 39.8. The summed E-state index contributed by atoms with van der Waals surface area (Å²) in [6.07, 6.45) is 37.2. The molecule has 0 aliphatic carbocycles. The Balaban J connectivity index is 2.28. The number of hydrogen-bond acceptors (Lipinski definition) is 10. The van der Waals surface area contributed by atoms with Gasteiger partial charge in [0.25, 0.3) is 0 Å². The van der Waals surface area contributed by atoms with Crippen LogP contribution in [0.4, 0.5) is 0 Å². The summed E-state index contributed by atoms with van der Waals surface area (Å²) in [6, 6.07) is 0. The van der Waals surface area contributed by atoms with Crippen molar-refractivity contribution in [1.82, 2.24) is 0 Å². The van der Waals surface area contributed by atoms with Gasteiger partial charge in [-0.25, -0.2) is 4.79 Å². The van der Waals surface area contributed by atoms with Gasteiger partial charge < -0.3 is 39.4 Å². The van der Waals surface area contributed by atoms with E-state index in [4.69, 9.17) is 18.9 Å². The highest BCUT2D eigenvalue weighted by atomic mass is 16.7. The Hall–Kier alpha value is -3.09. The van der Waals surface area contributed by atoms with Gasteiger partial charge in [0, 0.05) is 12.8 Å². The average Bonchev–Trinajstić information content (AvgIpc) is 3.22. The predicted octanol–water partition coefficient (Wildman–Crippen LogP) is 9.92. The molecule has 1 aliphatic rings. The molecule has 0 radical (unpaired) electrons. The Labute approximate surface area is 356 Å². The van der Waals surface area contributed by atoms with E-state index in [1.54, 1.807) is 0 Å². The van der Waals surface area contributed by atoms with Gasteiger partial charge in [-0.05, 0) is 70.6 Å². The summed E-state index contributed by atoms with van der Waals surface area (Å²) in [5.41, 5.74) is 0. The number of unbranched alkanes of at least 4 members (excludes halogenated alkanes) is 16. The molecular weight excluding hydrogens is 753 g/mol. The first kappa shape index (κ1) is 53.9. The quantitative estimate of drug-likeness (QED) is 0.0267. The Kier molecular flexibility index (Phi) is 34.6. The molecule has 1 aliphatic heterocycles. The number of carbonyl (C=O) groups excluding carboxylic acids is 2. The van der Waals surface area contributed by atoms with Gasteiger partial charge in [-0.3, -0.25) is 9.59 Å². The van der Waals surface area contributed by atoms with E-state index in [0.717, 1.165) is 96.3 Å². The standard InChI is InChI=1S/C48H80O11/c1-3-5-7-9-11-13-15-16-17-18-19-20-21-22-23-24-25-26-27-29-30-32-34-36-41(49)56-38-40(39-57-48-45(53)43(51)44(52)46(59-48)47(54)55)58-42(50)37-35-33-31-28-14-12-10-8-6-4-2/h5,7-8,10-11,13,16-17,19-20,40,43-46,48,51-53H,3-4,6,9,12,14-15,18,21-39H2,1-2H3,(H,54,55)/b7-5-,10-8-,13-11-,17-16-,20-19-. The van der Waals surface area contributed by atoms with Crippen molar-refractivity contribution in [3.63, 3.8) is 0 Å². The lowest BCUT2D eigenvalue weighted by atomic mass is 9.99. The molecule has 0 saturated carbocycles. The lowest BCUT2D eigenvalue weighted by molar-refractivity contribution is -0.298. The molecule has 1 rings (SSSR count). The van der Waals surface area contributed by atoms with Crippen LogP contribution in [0.1, 0.15) is 174 Å².